The van der Waals surface area contributed by atoms with Gasteiger partial charge in [0.05, 0.1) is 16.3 Å². The highest BCUT2D eigenvalue weighted by atomic mass is 32.2. The Kier molecular flexibility index (Phi) is 5.69. The molecule has 156 valence electrons. The molecule has 4 rings (SSSR count). The van der Waals surface area contributed by atoms with E-state index in [9.17, 15) is 13.2 Å². The number of aromatic nitrogens is 2. The summed E-state index contributed by atoms with van der Waals surface area (Å²) in [5.41, 5.74) is 3.46. The molecule has 0 unspecified atom stereocenters. The van der Waals surface area contributed by atoms with Gasteiger partial charge < -0.3 is 4.90 Å². The van der Waals surface area contributed by atoms with Gasteiger partial charge in [-0.2, -0.15) is 5.10 Å². The quantitative estimate of drug-likeness (QED) is 0.659. The summed E-state index contributed by atoms with van der Waals surface area (Å²) in [6.07, 6.45) is 3.94. The molecule has 0 bridgehead atoms. The summed E-state index contributed by atoms with van der Waals surface area (Å²) in [4.78, 5) is 13.7. The topological polar surface area (TPSA) is 84.3 Å². The molecule has 1 aromatic heterocycles. The molecule has 0 radical (unpaired) electrons. The van der Waals surface area contributed by atoms with E-state index in [4.69, 9.17) is 0 Å². The number of hydrogen-bond donors (Lipinski definition) is 1. The highest BCUT2D eigenvalue weighted by Crippen LogP contribution is 2.29. The minimum absolute atomic E-state index is 0.0281. The fourth-order valence-corrected chi connectivity index (χ4v) is 4.77. The van der Waals surface area contributed by atoms with Gasteiger partial charge in [0.15, 0.2) is 0 Å². The highest BCUT2D eigenvalue weighted by molar-refractivity contribution is 7.89. The Bertz CT molecular complexity index is 1160. The Morgan fingerprint density at radius 3 is 2.70 bits per heavy atom. The number of fused-ring (bicyclic) bond motifs is 1. The smallest absolute Gasteiger partial charge is 0.240 e. The Labute approximate surface area is 176 Å². The number of carbonyl (C=O) groups excluding carboxylic acids is 1. The van der Waals surface area contributed by atoms with Gasteiger partial charge in [-0.3, -0.25) is 4.79 Å². The zero-order chi connectivity index (χ0) is 21.1. The number of rotatable bonds is 6. The molecule has 3 aromatic rings. The van der Waals surface area contributed by atoms with Gasteiger partial charge in [-0.05, 0) is 54.8 Å². The number of benzene rings is 2. The molecule has 7 nitrogen and oxygen atoms in total. The molecule has 2 heterocycles. The molecule has 0 spiro atoms. The van der Waals surface area contributed by atoms with Gasteiger partial charge in [-0.1, -0.05) is 18.2 Å². The van der Waals surface area contributed by atoms with Crippen molar-refractivity contribution in [3.8, 4) is 5.69 Å². The van der Waals surface area contributed by atoms with Crippen LogP contribution in [0.4, 0.5) is 5.69 Å². The van der Waals surface area contributed by atoms with E-state index in [0.29, 0.717) is 13.0 Å². The minimum atomic E-state index is -3.64. The van der Waals surface area contributed by atoms with Crippen LogP contribution in [-0.4, -0.2) is 37.2 Å². The van der Waals surface area contributed by atoms with Crippen LogP contribution in [0.3, 0.4) is 0 Å². The van der Waals surface area contributed by atoms with E-state index in [-0.39, 0.29) is 17.3 Å². The summed E-state index contributed by atoms with van der Waals surface area (Å²) >= 11 is 0. The largest absolute Gasteiger partial charge is 0.312 e. The van der Waals surface area contributed by atoms with Crippen LogP contribution >= 0.6 is 0 Å². The summed E-state index contributed by atoms with van der Waals surface area (Å²) in [6, 6.07) is 16.6. The molecule has 1 aliphatic heterocycles. The number of nitrogens with zero attached hydrogens (tertiary/aromatic N) is 3. The normalized spacial score (nSPS) is 13.8. The molecule has 1 amide bonds. The molecular weight excluding hydrogens is 400 g/mol. The molecule has 1 aliphatic rings. The molecular formula is C22H24N4O3S. The summed E-state index contributed by atoms with van der Waals surface area (Å²) in [5.74, 6) is -0.0281. The third-order valence-corrected chi connectivity index (χ3v) is 6.66. The third-order valence-electron chi connectivity index (χ3n) is 5.20. The maximum Gasteiger partial charge on any atom is 0.240 e. The lowest BCUT2D eigenvalue weighted by atomic mass is 10.0. The van der Waals surface area contributed by atoms with Gasteiger partial charge >= 0.3 is 0 Å². The Morgan fingerprint density at radius 1 is 1.13 bits per heavy atom. The predicted molar refractivity (Wildman–Crippen MR) is 115 cm³/mol. The molecule has 0 atom stereocenters. The van der Waals surface area contributed by atoms with Gasteiger partial charge in [-0.25, -0.2) is 17.8 Å². The maximum atomic E-state index is 12.7. The number of anilines is 1. The maximum absolute atomic E-state index is 12.7. The van der Waals surface area contributed by atoms with Crippen molar-refractivity contribution in [1.82, 2.24) is 14.5 Å². The number of aryl methyl sites for hydroxylation is 1. The summed E-state index contributed by atoms with van der Waals surface area (Å²) < 4.78 is 29.9. The Balaban J connectivity index is 1.42. The highest BCUT2D eigenvalue weighted by Gasteiger charge is 2.23. The second-order valence-corrected chi connectivity index (χ2v) is 9.07. The first-order valence-electron chi connectivity index (χ1n) is 9.95. The Hall–Kier alpha value is -2.97. The zero-order valence-electron chi connectivity index (χ0n) is 16.8. The first kappa shape index (κ1) is 20.3. The molecule has 1 N–H and O–H groups in total. The standard InChI is InChI=1S/C22H24N4O3S/c1-17(27)25-14-5-6-18-16-21(9-10-22(18)25)30(28,29)23-13-11-19-12-15-26(24-19)20-7-3-2-4-8-20/h2-4,7-10,12,15-16,23H,5-6,11,13-14H2,1H3. The van der Waals surface area contributed by atoms with E-state index < -0.39 is 10.0 Å². The van der Waals surface area contributed by atoms with Gasteiger partial charge in [-0.15, -0.1) is 0 Å². The molecule has 2 aromatic carbocycles. The molecule has 0 saturated carbocycles. The van der Waals surface area contributed by atoms with Crippen LogP contribution in [0, 0.1) is 0 Å². The molecule has 0 aliphatic carbocycles. The summed E-state index contributed by atoms with van der Waals surface area (Å²) in [7, 11) is -3.64. The van der Waals surface area contributed by atoms with Crippen molar-refractivity contribution < 1.29 is 13.2 Å². The third kappa shape index (κ3) is 4.29. The van der Waals surface area contributed by atoms with Gasteiger partial charge in [0.1, 0.15) is 0 Å². The average Bonchev–Trinajstić information content (AvgIpc) is 3.22. The molecule has 0 fully saturated rings. The minimum Gasteiger partial charge on any atom is -0.312 e. The SMILES string of the molecule is CC(=O)N1CCCc2cc(S(=O)(=O)NCCc3ccn(-c4ccccc4)n3)ccc21. The average molecular weight is 425 g/mol. The van der Waals surface area contributed by atoms with E-state index in [2.05, 4.69) is 9.82 Å². The van der Waals surface area contributed by atoms with Crippen molar-refractivity contribution >= 4 is 21.6 Å². The molecule has 30 heavy (non-hydrogen) atoms. The van der Waals surface area contributed by atoms with E-state index >= 15 is 0 Å². The Morgan fingerprint density at radius 2 is 1.93 bits per heavy atom. The fraction of sp³-hybridized carbons (Fsp3) is 0.273. The van der Waals surface area contributed by atoms with Crippen molar-refractivity contribution in [1.29, 1.82) is 0 Å². The molecule has 8 heteroatoms. The van der Waals surface area contributed by atoms with E-state index in [1.807, 2.05) is 42.6 Å². The van der Waals surface area contributed by atoms with Crippen LogP contribution < -0.4 is 9.62 Å². The molecule has 0 saturated heterocycles. The lowest BCUT2D eigenvalue weighted by Crippen LogP contribution is -2.33. The van der Waals surface area contributed by atoms with Crippen LogP contribution in [0.2, 0.25) is 0 Å². The van der Waals surface area contributed by atoms with Crippen LogP contribution in [0.1, 0.15) is 24.6 Å². The van der Waals surface area contributed by atoms with E-state index in [1.165, 1.54) is 6.92 Å². The zero-order valence-corrected chi connectivity index (χ0v) is 17.6. The van der Waals surface area contributed by atoms with Crippen LogP contribution in [-0.2, 0) is 27.7 Å². The lowest BCUT2D eigenvalue weighted by molar-refractivity contribution is -0.116. The number of carbonyl (C=O) groups is 1. The van der Waals surface area contributed by atoms with Crippen molar-refractivity contribution in [2.45, 2.75) is 31.1 Å². The number of hydrogen-bond acceptors (Lipinski definition) is 4. The predicted octanol–water partition coefficient (Wildman–Crippen LogP) is 2.69. The van der Waals surface area contributed by atoms with E-state index in [0.717, 1.165) is 35.5 Å². The fourth-order valence-electron chi connectivity index (χ4n) is 3.68. The first-order valence-corrected chi connectivity index (χ1v) is 11.4. The summed E-state index contributed by atoms with van der Waals surface area (Å²) in [6.45, 7) is 2.45. The lowest BCUT2D eigenvalue weighted by Gasteiger charge is -2.28. The van der Waals surface area contributed by atoms with Crippen LogP contribution in [0.25, 0.3) is 5.69 Å². The number of nitrogens with one attached hydrogen (secondary N) is 1. The van der Waals surface area contributed by atoms with Crippen LogP contribution in [0.15, 0.2) is 65.7 Å². The van der Waals surface area contributed by atoms with Crippen molar-refractivity contribution in [3.05, 3.63) is 72.1 Å². The second-order valence-electron chi connectivity index (χ2n) is 7.30. The summed E-state index contributed by atoms with van der Waals surface area (Å²) in [5, 5.41) is 4.50. The first-order chi connectivity index (χ1) is 14.4. The van der Waals surface area contributed by atoms with E-state index in [1.54, 1.807) is 27.8 Å². The van der Waals surface area contributed by atoms with Crippen LogP contribution in [0.5, 0.6) is 0 Å². The number of para-hydroxylation sites is 1. The van der Waals surface area contributed by atoms with Crippen molar-refractivity contribution in [2.24, 2.45) is 0 Å². The van der Waals surface area contributed by atoms with Gasteiger partial charge in [0.2, 0.25) is 15.9 Å². The van der Waals surface area contributed by atoms with Gasteiger partial charge in [0, 0.05) is 38.3 Å². The second kappa shape index (κ2) is 8.41. The number of sulfonamides is 1. The van der Waals surface area contributed by atoms with Gasteiger partial charge in [0.25, 0.3) is 0 Å². The number of amides is 1. The monoisotopic (exact) mass is 424 g/mol. The van der Waals surface area contributed by atoms with Crippen molar-refractivity contribution in [3.63, 3.8) is 0 Å². The van der Waals surface area contributed by atoms with Crippen molar-refractivity contribution in [2.75, 3.05) is 18.0 Å².